The minimum atomic E-state index is -0.929. The van der Waals surface area contributed by atoms with E-state index in [0.717, 1.165) is 11.3 Å². The molecule has 0 aromatic carbocycles. The maximum atomic E-state index is 11.7. The molecular formula is C10H7ClN2O3S2. The molecule has 2 aromatic rings. The van der Waals surface area contributed by atoms with Gasteiger partial charge in [0.25, 0.3) is 5.91 Å². The summed E-state index contributed by atoms with van der Waals surface area (Å²) < 4.78 is 0.533. The normalized spacial score (nSPS) is 10.3. The molecule has 0 atom stereocenters. The summed E-state index contributed by atoms with van der Waals surface area (Å²) in [6, 6.07) is 3.26. The summed E-state index contributed by atoms with van der Waals surface area (Å²) >= 11 is 8.04. The number of carboxylic acids is 1. The van der Waals surface area contributed by atoms with Gasteiger partial charge in [-0.05, 0) is 12.1 Å². The van der Waals surface area contributed by atoms with Gasteiger partial charge in [0.05, 0.1) is 15.6 Å². The highest BCUT2D eigenvalue weighted by molar-refractivity contribution is 7.18. The highest BCUT2D eigenvalue weighted by atomic mass is 35.5. The van der Waals surface area contributed by atoms with Crippen molar-refractivity contribution < 1.29 is 14.7 Å². The second-order valence-corrected chi connectivity index (χ2v) is 6.09. The number of carbonyl (C=O) groups excluding carboxylic acids is 1. The van der Waals surface area contributed by atoms with E-state index in [0.29, 0.717) is 19.2 Å². The van der Waals surface area contributed by atoms with E-state index in [1.807, 2.05) is 0 Å². The van der Waals surface area contributed by atoms with Gasteiger partial charge in [-0.3, -0.25) is 14.9 Å². The molecule has 0 radical (unpaired) electrons. The Hall–Kier alpha value is -1.44. The van der Waals surface area contributed by atoms with Crippen molar-refractivity contribution in [2.24, 2.45) is 0 Å². The first-order valence-corrected chi connectivity index (χ1v) is 6.79. The fourth-order valence-corrected chi connectivity index (χ4v) is 2.93. The molecular weight excluding hydrogens is 296 g/mol. The molecule has 0 saturated heterocycles. The summed E-state index contributed by atoms with van der Waals surface area (Å²) in [5.41, 5.74) is 0. The van der Waals surface area contributed by atoms with Gasteiger partial charge in [-0.25, -0.2) is 4.98 Å². The minimum absolute atomic E-state index is 0.0988. The third-order valence-corrected chi connectivity index (χ3v) is 4.04. The molecule has 0 unspecified atom stereocenters. The topological polar surface area (TPSA) is 79.3 Å². The Morgan fingerprint density at radius 2 is 2.17 bits per heavy atom. The van der Waals surface area contributed by atoms with E-state index in [9.17, 15) is 9.59 Å². The molecule has 0 spiro atoms. The standard InChI is InChI=1S/C10H7ClN2O3S2/c11-7-2-1-6(18-7)9(16)13-10-12-4-5(17-10)3-8(14)15/h1-2,4H,3H2,(H,14,15)(H,12,13,16). The number of aliphatic carboxylic acids is 1. The van der Waals surface area contributed by atoms with Crippen molar-refractivity contribution in [2.45, 2.75) is 6.42 Å². The lowest BCUT2D eigenvalue weighted by atomic mass is 10.4. The third-order valence-electron chi connectivity index (χ3n) is 1.90. The van der Waals surface area contributed by atoms with Crippen LogP contribution < -0.4 is 5.32 Å². The van der Waals surface area contributed by atoms with E-state index in [2.05, 4.69) is 10.3 Å². The molecule has 8 heteroatoms. The highest BCUT2D eigenvalue weighted by Gasteiger charge is 2.12. The Kier molecular flexibility index (Phi) is 3.95. The summed E-state index contributed by atoms with van der Waals surface area (Å²) in [6.07, 6.45) is 1.34. The smallest absolute Gasteiger partial charge is 0.308 e. The summed E-state index contributed by atoms with van der Waals surface area (Å²) in [6.45, 7) is 0. The Labute approximate surface area is 115 Å². The fourth-order valence-electron chi connectivity index (χ4n) is 1.19. The number of rotatable bonds is 4. The molecule has 18 heavy (non-hydrogen) atoms. The van der Waals surface area contributed by atoms with Crippen molar-refractivity contribution in [2.75, 3.05) is 5.32 Å². The van der Waals surface area contributed by atoms with Crippen LogP contribution in [-0.4, -0.2) is 22.0 Å². The molecule has 2 N–H and O–H groups in total. The van der Waals surface area contributed by atoms with E-state index < -0.39 is 5.97 Å². The number of nitrogens with zero attached hydrogens (tertiary/aromatic N) is 1. The molecule has 0 bridgehead atoms. The number of nitrogens with one attached hydrogen (secondary N) is 1. The van der Waals surface area contributed by atoms with E-state index >= 15 is 0 Å². The van der Waals surface area contributed by atoms with Crippen molar-refractivity contribution in [3.05, 3.63) is 32.4 Å². The monoisotopic (exact) mass is 302 g/mol. The fraction of sp³-hybridized carbons (Fsp3) is 0.100. The number of carbonyl (C=O) groups is 2. The maximum absolute atomic E-state index is 11.7. The van der Waals surface area contributed by atoms with Crippen molar-refractivity contribution in [1.29, 1.82) is 0 Å². The summed E-state index contributed by atoms with van der Waals surface area (Å²) in [4.78, 5) is 27.3. The molecule has 0 fully saturated rings. The minimum Gasteiger partial charge on any atom is -0.481 e. The number of hydrogen-bond acceptors (Lipinski definition) is 5. The molecule has 0 aliphatic carbocycles. The van der Waals surface area contributed by atoms with Crippen LogP contribution in [0, 0.1) is 0 Å². The van der Waals surface area contributed by atoms with Gasteiger partial charge in [0.15, 0.2) is 5.13 Å². The lowest BCUT2D eigenvalue weighted by Gasteiger charge is -1.97. The molecule has 2 rings (SSSR count). The first-order chi connectivity index (χ1) is 8.54. The van der Waals surface area contributed by atoms with Crippen LogP contribution in [0.5, 0.6) is 0 Å². The Bertz CT molecular complexity index is 593. The van der Waals surface area contributed by atoms with Crippen molar-refractivity contribution in [3.8, 4) is 0 Å². The second-order valence-electron chi connectivity index (χ2n) is 3.26. The molecule has 1 amide bonds. The van der Waals surface area contributed by atoms with E-state index in [4.69, 9.17) is 16.7 Å². The molecule has 5 nitrogen and oxygen atoms in total. The molecule has 0 aliphatic rings. The van der Waals surface area contributed by atoms with Gasteiger partial charge >= 0.3 is 5.97 Å². The third kappa shape index (κ3) is 3.28. The van der Waals surface area contributed by atoms with Gasteiger partial charge in [-0.1, -0.05) is 11.6 Å². The van der Waals surface area contributed by atoms with E-state index in [-0.39, 0.29) is 12.3 Å². The first-order valence-electron chi connectivity index (χ1n) is 4.78. The number of anilines is 1. The zero-order chi connectivity index (χ0) is 13.1. The number of aromatic nitrogens is 1. The van der Waals surface area contributed by atoms with Crippen LogP contribution >= 0.6 is 34.3 Å². The zero-order valence-corrected chi connectivity index (χ0v) is 11.2. The number of hydrogen-bond donors (Lipinski definition) is 2. The largest absolute Gasteiger partial charge is 0.481 e. The van der Waals surface area contributed by atoms with Gasteiger partial charge in [0.1, 0.15) is 0 Å². The Morgan fingerprint density at radius 3 is 2.78 bits per heavy atom. The highest BCUT2D eigenvalue weighted by Crippen LogP contribution is 2.24. The van der Waals surface area contributed by atoms with Gasteiger partial charge in [-0.2, -0.15) is 0 Å². The molecule has 94 valence electrons. The maximum Gasteiger partial charge on any atom is 0.308 e. The molecule has 0 aliphatic heterocycles. The van der Waals surface area contributed by atoms with Crippen molar-refractivity contribution in [3.63, 3.8) is 0 Å². The summed E-state index contributed by atoms with van der Waals surface area (Å²) in [7, 11) is 0. The second kappa shape index (κ2) is 5.47. The predicted octanol–water partition coefficient (Wildman–Crippen LogP) is 2.74. The van der Waals surface area contributed by atoms with Crippen LogP contribution in [-0.2, 0) is 11.2 Å². The van der Waals surface area contributed by atoms with Crippen molar-refractivity contribution in [1.82, 2.24) is 4.98 Å². The average molecular weight is 303 g/mol. The summed E-state index contributed by atoms with van der Waals surface area (Å²) in [5, 5.41) is 11.6. The molecule has 2 heterocycles. The number of carboxylic acid groups (broad SMARTS) is 1. The number of thiophene rings is 1. The van der Waals surface area contributed by atoms with E-state index in [1.165, 1.54) is 17.5 Å². The number of halogens is 1. The van der Waals surface area contributed by atoms with Crippen LogP contribution in [0.3, 0.4) is 0 Å². The van der Waals surface area contributed by atoms with Crippen LogP contribution in [0.15, 0.2) is 18.3 Å². The number of amides is 1. The quantitative estimate of drug-likeness (QED) is 0.910. The van der Waals surface area contributed by atoms with Gasteiger partial charge in [-0.15, -0.1) is 22.7 Å². The lowest BCUT2D eigenvalue weighted by Crippen LogP contribution is -2.09. The average Bonchev–Trinajstić information content (AvgIpc) is 2.87. The number of thiazole rings is 1. The predicted molar refractivity (Wildman–Crippen MR) is 70.7 cm³/mol. The zero-order valence-electron chi connectivity index (χ0n) is 8.84. The van der Waals surface area contributed by atoms with Crippen molar-refractivity contribution >= 4 is 51.3 Å². The van der Waals surface area contributed by atoms with Crippen LogP contribution in [0.2, 0.25) is 4.34 Å². The van der Waals surface area contributed by atoms with Crippen LogP contribution in [0.1, 0.15) is 14.5 Å². The lowest BCUT2D eigenvalue weighted by molar-refractivity contribution is -0.136. The SMILES string of the molecule is O=C(O)Cc1cnc(NC(=O)c2ccc(Cl)s2)s1. The Balaban J connectivity index is 2.03. The molecule has 2 aromatic heterocycles. The van der Waals surface area contributed by atoms with Gasteiger partial charge in [0, 0.05) is 11.1 Å². The van der Waals surface area contributed by atoms with E-state index in [1.54, 1.807) is 12.1 Å². The molecule has 0 saturated carbocycles. The Morgan fingerprint density at radius 1 is 1.39 bits per heavy atom. The van der Waals surface area contributed by atoms with Gasteiger partial charge in [0.2, 0.25) is 0 Å². The summed E-state index contributed by atoms with van der Waals surface area (Å²) in [5.74, 6) is -1.23. The van der Waals surface area contributed by atoms with Gasteiger partial charge < -0.3 is 5.11 Å². The first kappa shape index (κ1) is 13.0. The van der Waals surface area contributed by atoms with Crippen LogP contribution in [0.4, 0.5) is 5.13 Å². The van der Waals surface area contributed by atoms with Crippen LogP contribution in [0.25, 0.3) is 0 Å².